The molecule has 5 aliphatic rings. The Kier molecular flexibility index (Phi) is 32.3. The van der Waals surface area contributed by atoms with E-state index in [9.17, 15) is 28.4 Å². The average Bonchev–Trinajstić information content (AvgIpc) is 1.58. The maximum absolute atomic E-state index is 13.2. The lowest BCUT2D eigenvalue weighted by molar-refractivity contribution is 0.0980. The molecule has 15 aromatic rings. The number of furan rings is 2. The summed E-state index contributed by atoms with van der Waals surface area (Å²) in [5, 5.41) is 19.7. The molecule has 14 heterocycles. The van der Waals surface area contributed by atoms with Crippen LogP contribution in [-0.4, -0.2) is 210 Å². The van der Waals surface area contributed by atoms with Crippen molar-refractivity contribution < 1.29 is 37.2 Å². The molecular formula is C102H106FN25O7S2. The third-order valence-electron chi connectivity index (χ3n) is 23.8. The summed E-state index contributed by atoms with van der Waals surface area (Å²) >= 11 is 2.89. The lowest BCUT2D eigenvalue weighted by atomic mass is 9.99. The van der Waals surface area contributed by atoms with E-state index >= 15 is 0 Å². The first-order chi connectivity index (χ1) is 66.9. The quantitative estimate of drug-likeness (QED) is 0.0188. The molecule has 0 atom stereocenters. The van der Waals surface area contributed by atoms with Crippen molar-refractivity contribution in [3.63, 3.8) is 0 Å². The number of ketones is 5. The third kappa shape index (κ3) is 25.6. The number of hydrogen-bond acceptors (Lipinski definition) is 34. The number of benzene rings is 6. The fourth-order valence-corrected chi connectivity index (χ4v) is 17.8. The van der Waals surface area contributed by atoms with Crippen molar-refractivity contribution in [2.45, 2.75) is 32.1 Å². The summed E-state index contributed by atoms with van der Waals surface area (Å²) in [6.07, 6.45) is 26.1. The van der Waals surface area contributed by atoms with Gasteiger partial charge in [0, 0.05) is 227 Å². The molecule has 0 unspecified atom stereocenters. The summed E-state index contributed by atoms with van der Waals surface area (Å²) in [6, 6.07) is 47.9. The topological polar surface area (TPSA) is 447 Å². The Balaban J connectivity index is 0.000000124. The van der Waals surface area contributed by atoms with Crippen molar-refractivity contribution in [1.82, 2.24) is 76.4 Å². The van der Waals surface area contributed by atoms with Crippen molar-refractivity contribution in [3.05, 3.63) is 312 Å². The summed E-state index contributed by atoms with van der Waals surface area (Å²) < 4.78 is 23.7. The van der Waals surface area contributed by atoms with E-state index in [-0.39, 0.29) is 66.8 Å². The molecular weight excluding hydrogens is 1770 g/mol. The van der Waals surface area contributed by atoms with Crippen LogP contribution in [0.15, 0.2) is 260 Å². The number of piperazine rings is 5. The largest absolute Gasteiger partial charge is 0.472 e. The molecule has 5 aliphatic heterocycles. The van der Waals surface area contributed by atoms with Crippen LogP contribution < -0.4 is 79.8 Å². The molecule has 20 rings (SSSR count). The lowest BCUT2D eigenvalue weighted by Crippen LogP contribution is -2.43. The maximum Gasteiger partial charge on any atom is 0.195 e. The Hall–Kier alpha value is -15.2. The van der Waals surface area contributed by atoms with Gasteiger partial charge in [0.05, 0.1) is 68.4 Å². The molecule has 0 saturated carbocycles. The Morgan fingerprint density at radius 3 is 0.934 bits per heavy atom. The second-order valence-corrected chi connectivity index (χ2v) is 35.0. The van der Waals surface area contributed by atoms with Crippen LogP contribution in [0.1, 0.15) is 78.9 Å². The van der Waals surface area contributed by atoms with E-state index in [1.54, 1.807) is 117 Å². The smallest absolute Gasteiger partial charge is 0.195 e. The van der Waals surface area contributed by atoms with Gasteiger partial charge >= 0.3 is 0 Å². The zero-order valence-corrected chi connectivity index (χ0v) is 77.1. The lowest BCUT2D eigenvalue weighted by Gasteiger charge is -2.27. The summed E-state index contributed by atoms with van der Waals surface area (Å²) in [7, 11) is 0. The van der Waals surface area contributed by atoms with Crippen LogP contribution in [0.3, 0.4) is 0 Å². The number of pyridine rings is 2. The van der Waals surface area contributed by atoms with Gasteiger partial charge in [-0.25, -0.2) is 44.3 Å². The van der Waals surface area contributed by atoms with Crippen molar-refractivity contribution in [2.75, 3.05) is 184 Å². The van der Waals surface area contributed by atoms with Crippen LogP contribution in [0.25, 0.3) is 55.8 Å². The number of rotatable bonds is 25. The van der Waals surface area contributed by atoms with Crippen molar-refractivity contribution in [2.24, 2.45) is 0 Å². The summed E-state index contributed by atoms with van der Waals surface area (Å²) in [6.45, 7) is 18.4. The minimum atomic E-state index is -0.279. The predicted molar refractivity (Wildman–Crippen MR) is 537 cm³/mol. The molecule has 0 amide bonds. The molecule has 0 bridgehead atoms. The van der Waals surface area contributed by atoms with Crippen LogP contribution in [0.4, 0.5) is 60.3 Å². The Bertz CT molecular complexity index is 6380. The summed E-state index contributed by atoms with van der Waals surface area (Å²) in [5.41, 5.74) is 47.0. The third-order valence-corrected chi connectivity index (χ3v) is 25.9. The fourth-order valence-electron chi connectivity index (χ4n) is 16.0. The number of anilines is 10. The molecule has 5 fully saturated rings. The maximum atomic E-state index is 13.2. The molecule has 700 valence electrons. The number of nitrogen functional groups attached to an aromatic ring is 5. The average molecular weight is 1880 g/mol. The van der Waals surface area contributed by atoms with Gasteiger partial charge in [-0.05, 0) is 188 Å². The highest BCUT2D eigenvalue weighted by molar-refractivity contribution is 7.18. The van der Waals surface area contributed by atoms with E-state index in [1.165, 1.54) is 34.8 Å². The number of thiazole rings is 2. The van der Waals surface area contributed by atoms with E-state index in [0.717, 1.165) is 242 Å². The predicted octanol–water partition coefficient (Wildman–Crippen LogP) is 12.3. The van der Waals surface area contributed by atoms with E-state index in [0.29, 0.717) is 55.5 Å². The van der Waals surface area contributed by atoms with Gasteiger partial charge in [-0.2, -0.15) is 0 Å². The van der Waals surface area contributed by atoms with E-state index in [1.807, 2.05) is 121 Å². The Labute approximate surface area is 799 Å². The highest BCUT2D eigenvalue weighted by atomic mass is 32.1. The van der Waals surface area contributed by atoms with Crippen molar-refractivity contribution in [1.29, 1.82) is 0 Å². The van der Waals surface area contributed by atoms with E-state index in [2.05, 4.69) is 101 Å². The highest BCUT2D eigenvalue weighted by Gasteiger charge is 2.25. The molecule has 0 radical (unpaired) electrons. The first-order valence-corrected chi connectivity index (χ1v) is 46.9. The normalized spacial score (nSPS) is 14.2. The minimum Gasteiger partial charge on any atom is -0.472 e. The number of aromatic nitrogens is 10. The minimum absolute atomic E-state index is 0.0000345. The zero-order valence-electron chi connectivity index (χ0n) is 75.5. The summed E-state index contributed by atoms with van der Waals surface area (Å²) in [4.78, 5) is 118. The van der Waals surface area contributed by atoms with Crippen LogP contribution >= 0.6 is 22.7 Å². The van der Waals surface area contributed by atoms with E-state index in [4.69, 9.17) is 37.5 Å². The van der Waals surface area contributed by atoms with Gasteiger partial charge in [0.1, 0.15) is 56.1 Å². The Morgan fingerprint density at radius 2 is 0.620 bits per heavy atom. The molecule has 32 nitrogen and oxygen atoms in total. The number of nitrogens with two attached hydrogens (primary N) is 5. The van der Waals surface area contributed by atoms with Gasteiger partial charge < -0.3 is 88.6 Å². The summed E-state index contributed by atoms with van der Waals surface area (Å²) in [5.74, 6) is 2.50. The molecule has 5 saturated heterocycles. The molecule has 0 spiro atoms. The number of hydrogen-bond donors (Lipinski definition) is 10. The molecule has 137 heavy (non-hydrogen) atoms. The molecule has 6 aromatic carbocycles. The number of Topliss-reactive ketones (excluding diaryl/α,β-unsaturated/α-hetero) is 5. The van der Waals surface area contributed by atoms with Crippen LogP contribution in [0.5, 0.6) is 0 Å². The zero-order chi connectivity index (χ0) is 94.8. The molecule has 9 aromatic heterocycles. The second kappa shape index (κ2) is 46.6. The fraction of sp³-hybridized carbons (Fsp3) is 0.245. The van der Waals surface area contributed by atoms with Gasteiger partial charge in [0.15, 0.2) is 38.9 Å². The van der Waals surface area contributed by atoms with Crippen molar-refractivity contribution in [3.8, 4) is 55.8 Å². The van der Waals surface area contributed by atoms with Gasteiger partial charge in [-0.1, -0.05) is 59.1 Å². The van der Waals surface area contributed by atoms with Crippen LogP contribution in [0, 0.1) is 5.82 Å². The van der Waals surface area contributed by atoms with Crippen LogP contribution in [-0.2, 0) is 32.1 Å². The van der Waals surface area contributed by atoms with Crippen molar-refractivity contribution >= 4 is 107 Å². The SMILES string of the molecule is Nc1ccc(-c2ccc(F)cc2)cc1CC(=O)c1ncc(N2CCNCC2)s1.Nc1ccc(-c2ccco2)cc1CC(=O)c1cnc(N2CCNCC2)cn1.Nc1ccc(-c2ccncc2)cc1CC(=O)c1cnc(N2CCNCC2)cn1.Nc1ccc(-c2ccncc2)cc1CC(=O)c1ncc(N2CCNCC2)s1.Nc1ccc(-c2ccoc2)cc1CC(=O)c1cnc(N2CCNCC2)cn1. The number of carbonyl (C=O) groups excluding carboxylic acids is 5. The van der Waals surface area contributed by atoms with Crippen LogP contribution in [0.2, 0.25) is 0 Å². The highest BCUT2D eigenvalue weighted by Crippen LogP contribution is 2.34. The standard InChI is InChI=1S/C21H21FN4OS.C21H22N6O.2C20H21N5O2.C20H21N5OS/c22-17-4-1-14(2-5-17)15-3-6-18(23)16(11-15)12-19(27)21-25-13-20(28-21)26-9-7-24-8-10-26;22-18-2-1-16(15-3-5-23-6-4-15)11-17(18)12-20(28)19-13-26-21(14-25-19)27-9-7-24-8-10-27;21-17-2-1-14(15-3-8-27-13-15)9-16(17)10-19(26)18-11-24-20(12-23-18)25-6-4-22-5-7-25;21-16-4-3-14(19-2-1-9-27-19)10-15(16)11-18(26)17-12-24-20(13-23-17)25-7-5-22-6-8-25;21-17-2-1-15(14-3-5-22-6-4-14)11-16(17)12-18(26)20-24-13-19(27-20)25-9-7-23-8-10-25/h1-6,11,13,24H,7-10,12,23H2;1-6,11,13-14,24H,7-10,12,22H2;1-3,8-9,11-13,22H,4-7,10,21H2;1-4,9-10,12-13,22H,5-8,11,21H2;1-6,11,13,23H,7-10,12,21H2. The molecule has 15 N–H and O–H groups in total. The van der Waals surface area contributed by atoms with Gasteiger partial charge in [-0.3, -0.25) is 33.9 Å². The van der Waals surface area contributed by atoms with Gasteiger partial charge in [0.25, 0.3) is 0 Å². The van der Waals surface area contributed by atoms with Gasteiger partial charge in [-0.15, -0.1) is 0 Å². The molecule has 0 aliphatic carbocycles. The first-order valence-electron chi connectivity index (χ1n) is 45.3. The van der Waals surface area contributed by atoms with Gasteiger partial charge in [0.2, 0.25) is 0 Å². The van der Waals surface area contributed by atoms with E-state index < -0.39 is 0 Å². The number of carbonyl (C=O) groups is 5. The second-order valence-electron chi connectivity index (χ2n) is 33.0. The number of halogens is 1. The molecule has 35 heteroatoms. The number of nitrogens with one attached hydrogen (secondary N) is 5. The first kappa shape index (κ1) is 94.9. The Morgan fingerprint density at radius 1 is 0.314 bits per heavy atom. The number of nitrogens with zero attached hydrogens (tertiary/aromatic N) is 15. The monoisotopic (exact) mass is 1880 g/mol.